The first-order valence-electron chi connectivity index (χ1n) is 5.73. The predicted molar refractivity (Wildman–Crippen MR) is 65.9 cm³/mol. The number of aryl methyl sites for hydroxylation is 2. The lowest BCUT2D eigenvalue weighted by Crippen LogP contribution is -2.34. The molecule has 1 fully saturated rings. The monoisotopic (exact) mass is 252 g/mol. The van der Waals surface area contributed by atoms with Gasteiger partial charge >= 0.3 is 5.69 Å². The Kier molecular flexibility index (Phi) is 3.22. The molecule has 1 aliphatic heterocycles. The van der Waals surface area contributed by atoms with Crippen molar-refractivity contribution in [1.82, 2.24) is 14.5 Å². The zero-order chi connectivity index (χ0) is 13.3. The molecular weight excluding hydrogens is 236 g/mol. The number of ether oxygens (including phenoxy) is 1. The van der Waals surface area contributed by atoms with Crippen molar-refractivity contribution in [3.63, 3.8) is 0 Å². The van der Waals surface area contributed by atoms with E-state index in [2.05, 4.69) is 4.98 Å². The van der Waals surface area contributed by atoms with Gasteiger partial charge in [0.15, 0.2) is 0 Å². The van der Waals surface area contributed by atoms with Crippen LogP contribution in [-0.4, -0.2) is 40.2 Å². The Morgan fingerprint density at radius 1 is 1.56 bits per heavy atom. The number of aromatic nitrogens is 2. The number of nitrogens with zero attached hydrogens (tertiary/aromatic N) is 2. The molecule has 7 nitrogen and oxygen atoms in total. The summed E-state index contributed by atoms with van der Waals surface area (Å²) in [6.45, 7) is 2.61. The zero-order valence-corrected chi connectivity index (χ0v) is 10.4. The summed E-state index contributed by atoms with van der Waals surface area (Å²) >= 11 is 0. The van der Waals surface area contributed by atoms with Crippen LogP contribution in [0.5, 0.6) is 0 Å². The molecule has 7 heteroatoms. The van der Waals surface area contributed by atoms with Crippen LogP contribution in [-0.2, 0) is 11.3 Å². The van der Waals surface area contributed by atoms with Crippen molar-refractivity contribution < 1.29 is 4.74 Å². The molecular formula is C11H16N4O3. The van der Waals surface area contributed by atoms with Crippen LogP contribution in [0.15, 0.2) is 15.8 Å². The van der Waals surface area contributed by atoms with Gasteiger partial charge in [-0.05, 0) is 13.3 Å². The fourth-order valence-electron chi connectivity index (χ4n) is 1.90. The van der Waals surface area contributed by atoms with E-state index >= 15 is 0 Å². The summed E-state index contributed by atoms with van der Waals surface area (Å²) in [6, 6.07) is 0.252. The van der Waals surface area contributed by atoms with E-state index < -0.39 is 5.69 Å². The van der Waals surface area contributed by atoms with Crippen molar-refractivity contribution in [2.24, 2.45) is 0 Å². The fraction of sp³-hybridized carbons (Fsp3) is 0.545. The van der Waals surface area contributed by atoms with Gasteiger partial charge in [0.05, 0.1) is 6.04 Å². The lowest BCUT2D eigenvalue weighted by atomic mass is 10.2. The van der Waals surface area contributed by atoms with E-state index in [4.69, 9.17) is 10.1 Å². The smallest absolute Gasteiger partial charge is 0.328 e. The van der Waals surface area contributed by atoms with Crippen molar-refractivity contribution in [2.75, 3.05) is 13.7 Å². The Bertz CT molecular complexity index is 574. The molecule has 0 saturated carbocycles. The quantitative estimate of drug-likeness (QED) is 0.758. The molecule has 1 aromatic heterocycles. The van der Waals surface area contributed by atoms with Crippen LogP contribution in [0.4, 0.5) is 0 Å². The third-order valence-corrected chi connectivity index (χ3v) is 3.17. The molecule has 1 aromatic rings. The van der Waals surface area contributed by atoms with E-state index in [0.717, 1.165) is 0 Å². The van der Waals surface area contributed by atoms with Gasteiger partial charge in [0.2, 0.25) is 0 Å². The maximum Gasteiger partial charge on any atom is 0.328 e. The summed E-state index contributed by atoms with van der Waals surface area (Å²) in [5.74, 6) is 0. The normalized spacial score (nSPS) is 19.1. The standard InChI is InChI=1S/C11H16N4O3/c1-7-5-15(11(17)13-9(7)16)4-3-8-6-18-10(12)14(8)2/h5,8,12H,3-4,6H2,1-2H3,(H,13,16,17)/t8-/m1/s1. The second kappa shape index (κ2) is 4.67. The first kappa shape index (κ1) is 12.4. The number of hydrogen-bond donors (Lipinski definition) is 2. The van der Waals surface area contributed by atoms with E-state index in [1.165, 1.54) is 4.57 Å². The van der Waals surface area contributed by atoms with Crippen LogP contribution in [0, 0.1) is 12.3 Å². The molecule has 0 radical (unpaired) electrons. The van der Waals surface area contributed by atoms with E-state index in [0.29, 0.717) is 25.1 Å². The molecule has 0 unspecified atom stereocenters. The van der Waals surface area contributed by atoms with Gasteiger partial charge in [0, 0.05) is 25.4 Å². The van der Waals surface area contributed by atoms with Crippen LogP contribution in [0.25, 0.3) is 0 Å². The van der Waals surface area contributed by atoms with Gasteiger partial charge in [-0.3, -0.25) is 15.2 Å². The maximum atomic E-state index is 11.6. The average Bonchev–Trinajstić information content (AvgIpc) is 2.63. The summed E-state index contributed by atoms with van der Waals surface area (Å²) in [7, 11) is 1.79. The number of aromatic amines is 1. The number of H-pyrrole nitrogens is 1. The largest absolute Gasteiger partial charge is 0.463 e. The SMILES string of the molecule is Cc1cn(CC[C@@H]2COC(=N)N2C)c(=O)[nH]c1=O. The molecule has 0 spiro atoms. The third-order valence-electron chi connectivity index (χ3n) is 3.17. The van der Waals surface area contributed by atoms with Crippen LogP contribution in [0.3, 0.4) is 0 Å². The molecule has 0 bridgehead atoms. The molecule has 2 heterocycles. The van der Waals surface area contributed by atoms with E-state index in [1.807, 2.05) is 0 Å². The summed E-state index contributed by atoms with van der Waals surface area (Å²) in [5.41, 5.74) is -0.236. The number of amidine groups is 1. The van der Waals surface area contributed by atoms with Gasteiger partial charge in [0.25, 0.3) is 11.6 Å². The lowest BCUT2D eigenvalue weighted by molar-refractivity contribution is 0.299. The highest BCUT2D eigenvalue weighted by atomic mass is 16.5. The molecule has 0 aromatic carbocycles. The van der Waals surface area contributed by atoms with Gasteiger partial charge in [0.1, 0.15) is 6.61 Å². The van der Waals surface area contributed by atoms with E-state index in [1.54, 1.807) is 25.1 Å². The molecule has 0 amide bonds. The third kappa shape index (κ3) is 2.29. The summed E-state index contributed by atoms with van der Waals surface area (Å²) < 4.78 is 6.58. The first-order chi connectivity index (χ1) is 8.49. The minimum absolute atomic E-state index is 0.0941. The van der Waals surface area contributed by atoms with Gasteiger partial charge in [-0.2, -0.15) is 0 Å². The molecule has 1 atom stereocenters. The van der Waals surface area contributed by atoms with Crippen LogP contribution >= 0.6 is 0 Å². The lowest BCUT2D eigenvalue weighted by Gasteiger charge is -2.17. The van der Waals surface area contributed by atoms with Crippen LogP contribution in [0.1, 0.15) is 12.0 Å². The van der Waals surface area contributed by atoms with Gasteiger partial charge in [-0.25, -0.2) is 4.79 Å². The molecule has 18 heavy (non-hydrogen) atoms. The second-order valence-electron chi connectivity index (χ2n) is 4.43. The number of nitrogens with one attached hydrogen (secondary N) is 2. The second-order valence-corrected chi connectivity index (χ2v) is 4.43. The predicted octanol–water partition coefficient (Wildman–Crippen LogP) is -0.500. The van der Waals surface area contributed by atoms with E-state index in [-0.39, 0.29) is 17.6 Å². The molecule has 1 aliphatic rings. The van der Waals surface area contributed by atoms with Gasteiger partial charge in [-0.15, -0.1) is 0 Å². The van der Waals surface area contributed by atoms with Crippen molar-refractivity contribution in [3.05, 3.63) is 32.6 Å². The summed E-state index contributed by atoms with van der Waals surface area (Å²) in [6.07, 6.45) is 2.24. The number of hydrogen-bond acceptors (Lipinski definition) is 4. The molecule has 98 valence electrons. The summed E-state index contributed by atoms with van der Waals surface area (Å²) in [5, 5.41) is 7.46. The minimum atomic E-state index is -0.401. The number of likely N-dealkylation sites (N-methyl/N-ethyl adjacent to an activating group) is 1. The minimum Gasteiger partial charge on any atom is -0.463 e. The molecule has 1 saturated heterocycles. The van der Waals surface area contributed by atoms with Crippen molar-refractivity contribution in [2.45, 2.75) is 25.9 Å². The van der Waals surface area contributed by atoms with Crippen molar-refractivity contribution in [3.8, 4) is 0 Å². The van der Waals surface area contributed by atoms with Crippen molar-refractivity contribution >= 4 is 6.02 Å². The van der Waals surface area contributed by atoms with Crippen molar-refractivity contribution in [1.29, 1.82) is 5.41 Å². The Morgan fingerprint density at radius 3 is 2.89 bits per heavy atom. The Morgan fingerprint density at radius 2 is 2.28 bits per heavy atom. The highest BCUT2D eigenvalue weighted by Gasteiger charge is 2.26. The maximum absolute atomic E-state index is 11.6. The molecule has 0 aliphatic carbocycles. The van der Waals surface area contributed by atoms with Crippen LogP contribution < -0.4 is 11.2 Å². The summed E-state index contributed by atoms with van der Waals surface area (Å²) in [4.78, 5) is 26.8. The topological polar surface area (TPSA) is 91.2 Å². The Balaban J connectivity index is 2.07. The Hall–Kier alpha value is -2.05. The molecule has 2 rings (SSSR count). The average molecular weight is 252 g/mol. The van der Waals surface area contributed by atoms with E-state index in [9.17, 15) is 9.59 Å². The molecule has 2 N–H and O–H groups in total. The van der Waals surface area contributed by atoms with Gasteiger partial charge in [-0.1, -0.05) is 0 Å². The van der Waals surface area contributed by atoms with Crippen LogP contribution in [0.2, 0.25) is 0 Å². The Labute approximate surface area is 104 Å². The highest BCUT2D eigenvalue weighted by Crippen LogP contribution is 2.12. The highest BCUT2D eigenvalue weighted by molar-refractivity contribution is 5.72. The zero-order valence-electron chi connectivity index (χ0n) is 10.4. The fourth-order valence-corrected chi connectivity index (χ4v) is 1.90. The number of rotatable bonds is 3. The van der Waals surface area contributed by atoms with Gasteiger partial charge < -0.3 is 14.2 Å². The first-order valence-corrected chi connectivity index (χ1v) is 5.73.